The third kappa shape index (κ3) is 3.46. The minimum absolute atomic E-state index is 0.0421. The number of aromatic nitrogens is 3. The lowest BCUT2D eigenvalue weighted by Gasteiger charge is -2.39. The van der Waals surface area contributed by atoms with Crippen LogP contribution in [0, 0.1) is 11.8 Å². The van der Waals surface area contributed by atoms with Crippen molar-refractivity contribution in [3.05, 3.63) is 12.2 Å². The van der Waals surface area contributed by atoms with Crippen LogP contribution in [0.3, 0.4) is 0 Å². The fourth-order valence-electron chi connectivity index (χ4n) is 4.49. The maximum Gasteiger partial charge on any atom is 0.228 e. The molecule has 0 N–H and O–H groups in total. The average molecular weight is 346 g/mol. The van der Waals surface area contributed by atoms with E-state index >= 15 is 0 Å². The van der Waals surface area contributed by atoms with Crippen LogP contribution in [0.1, 0.15) is 70.2 Å². The zero-order valence-electron chi connectivity index (χ0n) is 15.4. The molecule has 1 saturated carbocycles. The minimum atomic E-state index is 0.0421. The van der Waals surface area contributed by atoms with Gasteiger partial charge in [0, 0.05) is 31.7 Å². The molecular weight excluding hydrogens is 316 g/mol. The van der Waals surface area contributed by atoms with Crippen molar-refractivity contribution >= 4 is 5.91 Å². The van der Waals surface area contributed by atoms with Crippen LogP contribution in [-0.4, -0.2) is 51.4 Å². The van der Waals surface area contributed by atoms with Gasteiger partial charge in [0.15, 0.2) is 0 Å². The van der Waals surface area contributed by atoms with Crippen molar-refractivity contribution in [1.82, 2.24) is 19.7 Å². The lowest BCUT2D eigenvalue weighted by molar-refractivity contribution is -0.148. The molecular formula is C19H30N4O2. The second kappa shape index (κ2) is 7.06. The lowest BCUT2D eigenvalue weighted by atomic mass is 9.85. The Morgan fingerprint density at radius 2 is 1.96 bits per heavy atom. The number of nitrogens with zero attached hydrogens (tertiary/aromatic N) is 4. The van der Waals surface area contributed by atoms with E-state index in [4.69, 9.17) is 4.74 Å². The highest BCUT2D eigenvalue weighted by atomic mass is 16.5. The number of amides is 1. The summed E-state index contributed by atoms with van der Waals surface area (Å²) in [5.41, 5.74) is 0. The van der Waals surface area contributed by atoms with Crippen molar-refractivity contribution in [1.29, 1.82) is 0 Å². The molecule has 2 atom stereocenters. The van der Waals surface area contributed by atoms with Crippen molar-refractivity contribution in [2.75, 3.05) is 19.7 Å². The Morgan fingerprint density at radius 1 is 1.20 bits per heavy atom. The second-order valence-corrected chi connectivity index (χ2v) is 8.26. The Morgan fingerprint density at radius 3 is 2.64 bits per heavy atom. The first kappa shape index (κ1) is 17.0. The summed E-state index contributed by atoms with van der Waals surface area (Å²) in [6.07, 6.45) is 8.43. The van der Waals surface area contributed by atoms with Gasteiger partial charge in [-0.15, -0.1) is 10.2 Å². The van der Waals surface area contributed by atoms with Crippen LogP contribution in [0.2, 0.25) is 0 Å². The number of piperidine rings is 1. The largest absolute Gasteiger partial charge is 0.377 e. The number of hydrogen-bond acceptors (Lipinski definition) is 4. The number of rotatable bonds is 4. The van der Waals surface area contributed by atoms with E-state index in [1.54, 1.807) is 0 Å². The van der Waals surface area contributed by atoms with Crippen LogP contribution in [0.15, 0.2) is 6.33 Å². The lowest BCUT2D eigenvalue weighted by Crippen LogP contribution is -2.48. The van der Waals surface area contributed by atoms with Gasteiger partial charge in [-0.05, 0) is 44.4 Å². The van der Waals surface area contributed by atoms with Gasteiger partial charge in [-0.2, -0.15) is 0 Å². The summed E-state index contributed by atoms with van der Waals surface area (Å²) < 4.78 is 8.19. The monoisotopic (exact) mass is 346 g/mol. The summed E-state index contributed by atoms with van der Waals surface area (Å²) in [4.78, 5) is 15.1. The third-order valence-corrected chi connectivity index (χ3v) is 6.05. The number of likely N-dealkylation sites (tertiary alicyclic amines) is 1. The minimum Gasteiger partial charge on any atom is -0.377 e. The van der Waals surface area contributed by atoms with Crippen molar-refractivity contribution in [3.8, 4) is 0 Å². The maximum atomic E-state index is 13.1. The van der Waals surface area contributed by atoms with E-state index in [0.717, 1.165) is 51.2 Å². The Kier molecular flexibility index (Phi) is 4.80. The van der Waals surface area contributed by atoms with E-state index in [0.29, 0.717) is 23.8 Å². The van der Waals surface area contributed by atoms with Gasteiger partial charge in [0.05, 0.1) is 12.0 Å². The molecule has 0 spiro atoms. The van der Waals surface area contributed by atoms with Crippen LogP contribution < -0.4 is 0 Å². The molecule has 0 unspecified atom stereocenters. The molecule has 4 rings (SSSR count). The third-order valence-electron chi connectivity index (χ3n) is 6.05. The molecule has 2 aliphatic heterocycles. The number of hydrogen-bond donors (Lipinski definition) is 0. The maximum absolute atomic E-state index is 13.1. The first-order valence-corrected chi connectivity index (χ1v) is 9.95. The van der Waals surface area contributed by atoms with Crippen LogP contribution in [-0.2, 0) is 9.53 Å². The first-order valence-electron chi connectivity index (χ1n) is 9.95. The molecule has 1 amide bonds. The van der Waals surface area contributed by atoms with E-state index in [1.165, 1.54) is 12.8 Å². The highest BCUT2D eigenvalue weighted by Crippen LogP contribution is 2.38. The van der Waals surface area contributed by atoms with Gasteiger partial charge < -0.3 is 14.2 Å². The Hall–Kier alpha value is -1.43. The quantitative estimate of drug-likeness (QED) is 0.841. The molecule has 25 heavy (non-hydrogen) atoms. The SMILES string of the molecule is CC(C)[C@H]1OCCC[C@H]1C(=O)N1CCC(c2nncn2C2CC2)CC1. The molecule has 6 heteroatoms. The highest BCUT2D eigenvalue weighted by molar-refractivity contribution is 5.79. The Labute approximate surface area is 149 Å². The van der Waals surface area contributed by atoms with Gasteiger partial charge in [-0.25, -0.2) is 0 Å². The van der Waals surface area contributed by atoms with E-state index in [9.17, 15) is 4.79 Å². The van der Waals surface area contributed by atoms with Gasteiger partial charge in [-0.1, -0.05) is 13.8 Å². The molecule has 1 aromatic heterocycles. The van der Waals surface area contributed by atoms with Crippen LogP contribution in [0.4, 0.5) is 0 Å². The summed E-state index contributed by atoms with van der Waals surface area (Å²) in [7, 11) is 0. The van der Waals surface area contributed by atoms with Gasteiger partial charge >= 0.3 is 0 Å². The van der Waals surface area contributed by atoms with Crippen LogP contribution in [0.25, 0.3) is 0 Å². The number of carbonyl (C=O) groups is 1. The topological polar surface area (TPSA) is 60.2 Å². The molecule has 0 bridgehead atoms. The molecule has 2 saturated heterocycles. The molecule has 0 aromatic carbocycles. The predicted octanol–water partition coefficient (Wildman–Crippen LogP) is 2.77. The van der Waals surface area contributed by atoms with Gasteiger partial charge in [-0.3, -0.25) is 4.79 Å². The fraction of sp³-hybridized carbons (Fsp3) is 0.842. The molecule has 3 aliphatic rings. The smallest absolute Gasteiger partial charge is 0.228 e. The number of carbonyl (C=O) groups excluding carboxylic acids is 1. The average Bonchev–Trinajstić information content (AvgIpc) is 3.38. The van der Waals surface area contributed by atoms with Gasteiger partial charge in [0.1, 0.15) is 12.2 Å². The molecule has 1 aliphatic carbocycles. The van der Waals surface area contributed by atoms with Gasteiger partial charge in [0.25, 0.3) is 0 Å². The van der Waals surface area contributed by atoms with Crippen molar-refractivity contribution in [3.63, 3.8) is 0 Å². The molecule has 6 nitrogen and oxygen atoms in total. The summed E-state index contributed by atoms with van der Waals surface area (Å²) in [5.74, 6) is 2.32. The molecule has 0 radical (unpaired) electrons. The predicted molar refractivity (Wildman–Crippen MR) is 94.2 cm³/mol. The standard InChI is InChI=1S/C19H30N4O2/c1-13(2)17-16(4-3-11-25-17)19(24)22-9-7-14(8-10-22)18-21-20-12-23(18)15-5-6-15/h12-17H,3-11H2,1-2H3/t16-,17-/m1/s1. The molecule has 3 heterocycles. The molecule has 3 fully saturated rings. The summed E-state index contributed by atoms with van der Waals surface area (Å²) in [6.45, 7) is 6.79. The number of ether oxygens (including phenoxy) is 1. The van der Waals surface area contributed by atoms with E-state index in [1.807, 2.05) is 6.33 Å². The van der Waals surface area contributed by atoms with Crippen molar-refractivity contribution in [2.45, 2.75) is 70.4 Å². The molecule has 1 aromatic rings. The zero-order chi connectivity index (χ0) is 17.4. The molecule has 138 valence electrons. The van der Waals surface area contributed by atoms with E-state index in [-0.39, 0.29) is 12.0 Å². The van der Waals surface area contributed by atoms with Crippen molar-refractivity contribution < 1.29 is 9.53 Å². The normalized spacial score (nSPS) is 28.5. The zero-order valence-corrected chi connectivity index (χ0v) is 15.4. The second-order valence-electron chi connectivity index (χ2n) is 8.26. The van der Waals surface area contributed by atoms with Crippen LogP contribution >= 0.6 is 0 Å². The van der Waals surface area contributed by atoms with Crippen LogP contribution in [0.5, 0.6) is 0 Å². The van der Waals surface area contributed by atoms with Gasteiger partial charge in [0.2, 0.25) is 5.91 Å². The highest BCUT2D eigenvalue weighted by Gasteiger charge is 2.38. The van der Waals surface area contributed by atoms with E-state index in [2.05, 4.69) is 33.5 Å². The fourth-order valence-corrected chi connectivity index (χ4v) is 4.49. The van der Waals surface area contributed by atoms with Crippen molar-refractivity contribution in [2.24, 2.45) is 11.8 Å². The summed E-state index contributed by atoms with van der Waals surface area (Å²) in [5, 5.41) is 8.52. The van der Waals surface area contributed by atoms with E-state index < -0.39 is 0 Å². The summed E-state index contributed by atoms with van der Waals surface area (Å²) in [6, 6.07) is 0.621. The Bertz CT molecular complexity index is 602. The summed E-state index contributed by atoms with van der Waals surface area (Å²) >= 11 is 0. The first-order chi connectivity index (χ1) is 12.1. The Balaban J connectivity index is 1.37.